The number of halogens is 1. The van der Waals surface area contributed by atoms with Crippen LogP contribution in [0, 0.1) is 22.6 Å². The molecule has 0 spiro atoms. The monoisotopic (exact) mass is 209 g/mol. The zero-order valence-electron chi connectivity index (χ0n) is 7.25. The van der Waals surface area contributed by atoms with Crippen molar-refractivity contribution in [3.8, 4) is 6.07 Å². The van der Waals surface area contributed by atoms with Crippen molar-refractivity contribution in [2.24, 2.45) is 5.73 Å². The molecule has 0 atom stereocenters. The fourth-order valence-electron chi connectivity index (χ4n) is 0.889. The van der Waals surface area contributed by atoms with Crippen molar-refractivity contribution in [3.05, 3.63) is 35.1 Å². The van der Waals surface area contributed by atoms with E-state index < -0.39 is 5.82 Å². The predicted octanol–water partition coefficient (Wildman–Crippen LogP) is 1.82. The van der Waals surface area contributed by atoms with Crippen molar-refractivity contribution in [1.29, 1.82) is 10.7 Å². The summed E-state index contributed by atoms with van der Waals surface area (Å²) in [6, 6.07) is 6.10. The molecule has 14 heavy (non-hydrogen) atoms. The van der Waals surface area contributed by atoms with Crippen LogP contribution < -0.4 is 5.73 Å². The fraction of sp³-hybridized carbons (Fsp3) is 0.111. The van der Waals surface area contributed by atoms with Gasteiger partial charge in [0.2, 0.25) is 0 Å². The van der Waals surface area contributed by atoms with Crippen molar-refractivity contribution >= 4 is 16.9 Å². The highest BCUT2D eigenvalue weighted by Gasteiger charge is 2.04. The minimum Gasteiger partial charge on any atom is -0.379 e. The third-order valence-electron chi connectivity index (χ3n) is 1.57. The van der Waals surface area contributed by atoms with Gasteiger partial charge < -0.3 is 5.73 Å². The highest BCUT2D eigenvalue weighted by atomic mass is 32.2. The van der Waals surface area contributed by atoms with Gasteiger partial charge in [-0.05, 0) is 17.7 Å². The zero-order chi connectivity index (χ0) is 10.6. The molecule has 0 unspecified atom stereocenters. The number of rotatable bonds is 2. The molecule has 0 bridgehead atoms. The van der Waals surface area contributed by atoms with Gasteiger partial charge in [-0.3, -0.25) is 5.41 Å². The van der Waals surface area contributed by atoms with Crippen LogP contribution in [-0.2, 0) is 5.75 Å². The maximum Gasteiger partial charge on any atom is 0.151 e. The van der Waals surface area contributed by atoms with Crippen molar-refractivity contribution in [2.45, 2.75) is 5.75 Å². The molecule has 0 saturated carbocycles. The summed E-state index contributed by atoms with van der Waals surface area (Å²) in [5.74, 6) is -0.120. The van der Waals surface area contributed by atoms with Crippen LogP contribution in [0.4, 0.5) is 4.39 Å². The number of amidine groups is 1. The second-order valence-corrected chi connectivity index (χ2v) is 3.59. The molecular formula is C9H8FN3S. The quantitative estimate of drug-likeness (QED) is 0.576. The summed E-state index contributed by atoms with van der Waals surface area (Å²) in [6.45, 7) is 0. The number of hydrogen-bond acceptors (Lipinski definition) is 3. The summed E-state index contributed by atoms with van der Waals surface area (Å²) in [5.41, 5.74) is 5.86. The number of nitriles is 1. The Morgan fingerprint density at radius 2 is 2.36 bits per heavy atom. The maximum atomic E-state index is 13.2. The Labute approximate surface area is 85.2 Å². The number of nitrogens with one attached hydrogen (secondary N) is 1. The average molecular weight is 209 g/mol. The van der Waals surface area contributed by atoms with Crippen molar-refractivity contribution in [3.63, 3.8) is 0 Å². The third kappa shape index (κ3) is 2.75. The van der Waals surface area contributed by atoms with E-state index >= 15 is 0 Å². The Morgan fingerprint density at radius 3 is 2.86 bits per heavy atom. The molecule has 1 aromatic carbocycles. The number of nitrogens with two attached hydrogens (primary N) is 1. The molecule has 0 aliphatic rings. The van der Waals surface area contributed by atoms with Crippen LogP contribution >= 0.6 is 11.8 Å². The Morgan fingerprint density at radius 1 is 1.64 bits per heavy atom. The largest absolute Gasteiger partial charge is 0.379 e. The number of nitrogens with zero attached hydrogens (tertiary/aromatic N) is 1. The van der Waals surface area contributed by atoms with E-state index in [4.69, 9.17) is 16.4 Å². The van der Waals surface area contributed by atoms with Crippen LogP contribution in [0.5, 0.6) is 0 Å². The second-order valence-electron chi connectivity index (χ2n) is 2.57. The van der Waals surface area contributed by atoms with Gasteiger partial charge >= 0.3 is 0 Å². The first-order valence-corrected chi connectivity index (χ1v) is 4.77. The van der Waals surface area contributed by atoms with E-state index in [0.717, 1.165) is 11.8 Å². The lowest BCUT2D eigenvalue weighted by Crippen LogP contribution is -2.04. The molecule has 3 N–H and O–H groups in total. The van der Waals surface area contributed by atoms with E-state index in [1.807, 2.05) is 6.07 Å². The molecule has 0 radical (unpaired) electrons. The zero-order valence-corrected chi connectivity index (χ0v) is 8.07. The van der Waals surface area contributed by atoms with Gasteiger partial charge in [0.1, 0.15) is 5.82 Å². The van der Waals surface area contributed by atoms with Gasteiger partial charge in [0, 0.05) is 5.75 Å². The summed E-state index contributed by atoms with van der Waals surface area (Å²) in [7, 11) is 0. The smallest absolute Gasteiger partial charge is 0.151 e. The third-order valence-corrected chi connectivity index (χ3v) is 2.33. The van der Waals surface area contributed by atoms with Crippen molar-refractivity contribution in [1.82, 2.24) is 0 Å². The number of thioether (sulfide) groups is 1. The van der Waals surface area contributed by atoms with Gasteiger partial charge in [-0.1, -0.05) is 17.8 Å². The van der Waals surface area contributed by atoms with Crippen molar-refractivity contribution < 1.29 is 4.39 Å². The van der Waals surface area contributed by atoms with Gasteiger partial charge in [0.15, 0.2) is 5.17 Å². The minimum absolute atomic E-state index is 0.0474. The Balaban J connectivity index is 2.80. The molecule has 0 aliphatic carbocycles. The molecule has 0 saturated heterocycles. The first-order valence-electron chi connectivity index (χ1n) is 3.79. The molecule has 1 rings (SSSR count). The first-order chi connectivity index (χ1) is 6.63. The Kier molecular flexibility index (Phi) is 3.48. The normalized spacial score (nSPS) is 9.43. The van der Waals surface area contributed by atoms with E-state index in [-0.39, 0.29) is 5.17 Å². The second kappa shape index (κ2) is 4.63. The maximum absolute atomic E-state index is 13.2. The Bertz CT molecular complexity index is 398. The molecule has 5 heteroatoms. The van der Waals surface area contributed by atoms with Crippen LogP contribution in [-0.4, -0.2) is 5.17 Å². The lowest BCUT2D eigenvalue weighted by Gasteiger charge is -2.01. The SMILES string of the molecule is N#Cc1ccc(CSC(=N)N)c(F)c1. The van der Waals surface area contributed by atoms with Gasteiger partial charge in [-0.25, -0.2) is 4.39 Å². The summed E-state index contributed by atoms with van der Waals surface area (Å²) in [5, 5.41) is 15.4. The van der Waals surface area contributed by atoms with Crippen LogP contribution in [0.3, 0.4) is 0 Å². The number of hydrogen-bond donors (Lipinski definition) is 2. The molecule has 0 heterocycles. The summed E-state index contributed by atoms with van der Waals surface area (Å²) in [4.78, 5) is 0. The lowest BCUT2D eigenvalue weighted by atomic mass is 10.1. The predicted molar refractivity (Wildman–Crippen MR) is 54.3 cm³/mol. The van der Waals surface area contributed by atoms with Crippen LogP contribution in [0.25, 0.3) is 0 Å². The van der Waals surface area contributed by atoms with E-state index in [1.54, 1.807) is 6.07 Å². The van der Waals surface area contributed by atoms with E-state index in [2.05, 4.69) is 0 Å². The van der Waals surface area contributed by atoms with Crippen LogP contribution in [0.2, 0.25) is 0 Å². The van der Waals surface area contributed by atoms with Gasteiger partial charge in [-0.15, -0.1) is 0 Å². The van der Waals surface area contributed by atoms with Crippen LogP contribution in [0.1, 0.15) is 11.1 Å². The minimum atomic E-state index is -0.433. The van der Waals surface area contributed by atoms with E-state index in [0.29, 0.717) is 16.9 Å². The molecule has 1 aromatic rings. The highest BCUT2D eigenvalue weighted by Crippen LogP contribution is 2.16. The molecule has 0 aliphatic heterocycles. The highest BCUT2D eigenvalue weighted by molar-refractivity contribution is 8.13. The Hall–Kier alpha value is -1.54. The molecular weight excluding hydrogens is 201 g/mol. The van der Waals surface area contributed by atoms with Gasteiger partial charge in [-0.2, -0.15) is 5.26 Å². The standard InChI is InChI=1S/C9H8FN3S/c10-8-3-6(4-11)1-2-7(8)5-14-9(12)13/h1-3H,5H2,(H3,12,13). The lowest BCUT2D eigenvalue weighted by molar-refractivity contribution is 0.617. The van der Waals surface area contributed by atoms with Crippen LogP contribution in [0.15, 0.2) is 18.2 Å². The topological polar surface area (TPSA) is 73.7 Å². The molecule has 0 amide bonds. The average Bonchev–Trinajstić information content (AvgIpc) is 2.15. The number of benzene rings is 1. The molecule has 0 aromatic heterocycles. The molecule has 3 nitrogen and oxygen atoms in total. The molecule has 72 valence electrons. The van der Waals surface area contributed by atoms with Gasteiger partial charge in [0.25, 0.3) is 0 Å². The molecule has 0 fully saturated rings. The van der Waals surface area contributed by atoms with Gasteiger partial charge in [0.05, 0.1) is 11.6 Å². The summed E-state index contributed by atoms with van der Waals surface area (Å²) >= 11 is 1.05. The summed E-state index contributed by atoms with van der Waals surface area (Å²) in [6.07, 6.45) is 0. The fourth-order valence-corrected chi connectivity index (χ4v) is 1.43. The van der Waals surface area contributed by atoms with Crippen molar-refractivity contribution in [2.75, 3.05) is 0 Å². The first kappa shape index (κ1) is 10.5. The van der Waals surface area contributed by atoms with E-state index in [9.17, 15) is 4.39 Å². The van der Waals surface area contributed by atoms with E-state index in [1.165, 1.54) is 12.1 Å². The summed E-state index contributed by atoms with van der Waals surface area (Å²) < 4.78 is 13.2.